The van der Waals surface area contributed by atoms with Gasteiger partial charge in [-0.3, -0.25) is 14.9 Å². The molecule has 2 aromatic carbocycles. The molecule has 2 aromatic rings. The SMILES string of the molecule is C[C@H](OC(=O)c1ccc([N+](=O)[O-])cc1)C(=O)N[C@H](C)c1ccc(Cl)cc1Cl. The van der Waals surface area contributed by atoms with Gasteiger partial charge in [0, 0.05) is 22.2 Å². The van der Waals surface area contributed by atoms with Gasteiger partial charge in [-0.2, -0.15) is 0 Å². The second-order valence-electron chi connectivity index (χ2n) is 5.75. The second kappa shape index (κ2) is 8.83. The molecule has 0 aliphatic rings. The number of carbonyl (C=O) groups excluding carboxylic acids is 2. The molecule has 0 unspecified atom stereocenters. The van der Waals surface area contributed by atoms with Gasteiger partial charge in [-0.1, -0.05) is 29.3 Å². The van der Waals surface area contributed by atoms with E-state index in [4.69, 9.17) is 27.9 Å². The number of rotatable bonds is 6. The minimum atomic E-state index is -1.07. The number of benzene rings is 2. The van der Waals surface area contributed by atoms with Crippen LogP contribution in [0.1, 0.15) is 35.8 Å². The van der Waals surface area contributed by atoms with Crippen molar-refractivity contribution in [3.8, 4) is 0 Å². The highest BCUT2D eigenvalue weighted by atomic mass is 35.5. The molecule has 0 spiro atoms. The number of esters is 1. The normalized spacial score (nSPS) is 12.7. The summed E-state index contributed by atoms with van der Waals surface area (Å²) in [5.74, 6) is -1.27. The Hall–Kier alpha value is -2.64. The van der Waals surface area contributed by atoms with Crippen molar-refractivity contribution in [3.63, 3.8) is 0 Å². The quantitative estimate of drug-likeness (QED) is 0.434. The van der Waals surface area contributed by atoms with Crippen LogP contribution in [0.25, 0.3) is 0 Å². The molecule has 0 aromatic heterocycles. The van der Waals surface area contributed by atoms with E-state index in [0.717, 1.165) is 0 Å². The average molecular weight is 411 g/mol. The fourth-order valence-electron chi connectivity index (χ4n) is 2.26. The lowest BCUT2D eigenvalue weighted by Crippen LogP contribution is -2.37. The van der Waals surface area contributed by atoms with Gasteiger partial charge in [-0.15, -0.1) is 0 Å². The van der Waals surface area contributed by atoms with Gasteiger partial charge in [-0.05, 0) is 43.7 Å². The van der Waals surface area contributed by atoms with Crippen LogP contribution in [0.15, 0.2) is 42.5 Å². The molecule has 1 amide bonds. The number of nitrogens with zero attached hydrogens (tertiary/aromatic N) is 1. The fourth-order valence-corrected chi connectivity index (χ4v) is 2.83. The van der Waals surface area contributed by atoms with Gasteiger partial charge in [-0.25, -0.2) is 4.79 Å². The molecule has 2 rings (SSSR count). The molecule has 142 valence electrons. The van der Waals surface area contributed by atoms with Crippen molar-refractivity contribution in [2.24, 2.45) is 0 Å². The summed E-state index contributed by atoms with van der Waals surface area (Å²) in [5.41, 5.74) is 0.628. The lowest BCUT2D eigenvalue weighted by Gasteiger charge is -2.19. The van der Waals surface area contributed by atoms with E-state index in [0.29, 0.717) is 15.6 Å². The molecule has 1 N–H and O–H groups in total. The number of hydrogen-bond donors (Lipinski definition) is 1. The lowest BCUT2D eigenvalue weighted by atomic mass is 10.1. The monoisotopic (exact) mass is 410 g/mol. The summed E-state index contributed by atoms with van der Waals surface area (Å²) in [4.78, 5) is 34.4. The maximum absolute atomic E-state index is 12.3. The van der Waals surface area contributed by atoms with Crippen LogP contribution in [0.2, 0.25) is 10.0 Å². The molecule has 0 bridgehead atoms. The summed E-state index contributed by atoms with van der Waals surface area (Å²) in [6.07, 6.45) is -1.07. The van der Waals surface area contributed by atoms with E-state index in [1.807, 2.05) is 0 Å². The number of nitro benzene ring substituents is 1. The van der Waals surface area contributed by atoms with E-state index < -0.39 is 28.9 Å². The first kappa shape index (κ1) is 20.7. The number of ether oxygens (including phenoxy) is 1. The molecule has 27 heavy (non-hydrogen) atoms. The van der Waals surface area contributed by atoms with Gasteiger partial charge in [0.1, 0.15) is 0 Å². The molecule has 0 fully saturated rings. The predicted molar refractivity (Wildman–Crippen MR) is 101 cm³/mol. The summed E-state index contributed by atoms with van der Waals surface area (Å²) in [5, 5.41) is 14.2. The third-order valence-electron chi connectivity index (χ3n) is 3.75. The number of nitrogens with one attached hydrogen (secondary N) is 1. The van der Waals surface area contributed by atoms with E-state index in [9.17, 15) is 19.7 Å². The summed E-state index contributed by atoms with van der Waals surface area (Å²) in [7, 11) is 0. The van der Waals surface area contributed by atoms with Crippen molar-refractivity contribution in [2.75, 3.05) is 0 Å². The molecule has 0 aliphatic heterocycles. The number of amides is 1. The number of nitro groups is 1. The van der Waals surface area contributed by atoms with Gasteiger partial charge < -0.3 is 10.1 Å². The number of carbonyl (C=O) groups is 2. The van der Waals surface area contributed by atoms with E-state index in [1.165, 1.54) is 31.2 Å². The minimum Gasteiger partial charge on any atom is -0.449 e. The van der Waals surface area contributed by atoms with Crippen molar-refractivity contribution in [3.05, 3.63) is 73.8 Å². The van der Waals surface area contributed by atoms with Crippen LogP contribution >= 0.6 is 23.2 Å². The van der Waals surface area contributed by atoms with Crippen LogP contribution in [0.4, 0.5) is 5.69 Å². The van der Waals surface area contributed by atoms with Gasteiger partial charge in [0.15, 0.2) is 6.10 Å². The summed E-state index contributed by atoms with van der Waals surface area (Å²) in [6.45, 7) is 3.16. The largest absolute Gasteiger partial charge is 0.449 e. The zero-order valence-corrected chi connectivity index (χ0v) is 16.0. The Balaban J connectivity index is 1.98. The molecule has 7 nitrogen and oxygen atoms in total. The van der Waals surface area contributed by atoms with Crippen molar-refractivity contribution in [2.45, 2.75) is 26.0 Å². The Bertz CT molecular complexity index is 871. The van der Waals surface area contributed by atoms with Crippen molar-refractivity contribution >= 4 is 40.8 Å². The molecule has 2 atom stereocenters. The number of halogens is 2. The zero-order chi connectivity index (χ0) is 20.1. The topological polar surface area (TPSA) is 98.5 Å². The summed E-state index contributed by atoms with van der Waals surface area (Å²) < 4.78 is 5.11. The van der Waals surface area contributed by atoms with E-state index >= 15 is 0 Å². The minimum absolute atomic E-state index is 0.106. The third kappa shape index (κ3) is 5.42. The van der Waals surface area contributed by atoms with Gasteiger partial charge in [0.25, 0.3) is 11.6 Å². The van der Waals surface area contributed by atoms with Gasteiger partial charge in [0.05, 0.1) is 16.5 Å². The van der Waals surface area contributed by atoms with Gasteiger partial charge >= 0.3 is 5.97 Å². The summed E-state index contributed by atoms with van der Waals surface area (Å²) >= 11 is 12.0. The van der Waals surface area contributed by atoms with Crippen LogP contribution in [-0.4, -0.2) is 22.9 Å². The highest BCUT2D eigenvalue weighted by molar-refractivity contribution is 6.35. The maximum atomic E-state index is 12.3. The highest BCUT2D eigenvalue weighted by Gasteiger charge is 2.22. The Morgan fingerprint density at radius 3 is 2.30 bits per heavy atom. The maximum Gasteiger partial charge on any atom is 0.338 e. The van der Waals surface area contributed by atoms with Crippen LogP contribution in [-0.2, 0) is 9.53 Å². The van der Waals surface area contributed by atoms with Crippen molar-refractivity contribution in [1.29, 1.82) is 0 Å². The van der Waals surface area contributed by atoms with Crippen LogP contribution in [0, 0.1) is 10.1 Å². The van der Waals surface area contributed by atoms with E-state index in [-0.39, 0.29) is 11.3 Å². The van der Waals surface area contributed by atoms with Gasteiger partial charge in [0.2, 0.25) is 0 Å². The van der Waals surface area contributed by atoms with Crippen molar-refractivity contribution in [1.82, 2.24) is 5.32 Å². The molecule has 0 aliphatic carbocycles. The van der Waals surface area contributed by atoms with Crippen LogP contribution in [0.3, 0.4) is 0 Å². The zero-order valence-electron chi connectivity index (χ0n) is 14.4. The van der Waals surface area contributed by atoms with E-state index in [2.05, 4.69) is 5.32 Å². The third-order valence-corrected chi connectivity index (χ3v) is 4.32. The Morgan fingerprint density at radius 1 is 1.11 bits per heavy atom. The standard InChI is InChI=1S/C18H16Cl2N2O5/c1-10(15-8-5-13(19)9-16(15)20)21-17(23)11(2)27-18(24)12-3-6-14(7-4-12)22(25)26/h3-11H,1-2H3,(H,21,23)/t10-,11+/m1/s1. The molecule has 0 saturated heterocycles. The molecule has 9 heteroatoms. The summed E-state index contributed by atoms with van der Waals surface area (Å²) in [6, 6.07) is 9.40. The number of non-ortho nitro benzene ring substituents is 1. The molecule has 0 saturated carbocycles. The number of hydrogen-bond acceptors (Lipinski definition) is 5. The Kier molecular flexibility index (Phi) is 6.76. The van der Waals surface area contributed by atoms with Crippen LogP contribution < -0.4 is 5.32 Å². The molecular weight excluding hydrogens is 395 g/mol. The predicted octanol–water partition coefficient (Wildman–Crippen LogP) is 4.32. The first-order valence-electron chi connectivity index (χ1n) is 7.89. The molecular formula is C18H16Cl2N2O5. The van der Waals surface area contributed by atoms with E-state index in [1.54, 1.807) is 25.1 Å². The first-order chi connectivity index (χ1) is 12.7. The highest BCUT2D eigenvalue weighted by Crippen LogP contribution is 2.26. The molecule has 0 heterocycles. The Labute approximate surface area is 165 Å². The molecule has 0 radical (unpaired) electrons. The Morgan fingerprint density at radius 2 is 1.74 bits per heavy atom. The first-order valence-corrected chi connectivity index (χ1v) is 8.65. The lowest BCUT2D eigenvalue weighted by molar-refractivity contribution is -0.384. The average Bonchev–Trinajstić information content (AvgIpc) is 2.61. The fraction of sp³-hybridized carbons (Fsp3) is 0.222. The smallest absolute Gasteiger partial charge is 0.338 e. The second-order valence-corrected chi connectivity index (χ2v) is 6.59. The van der Waals surface area contributed by atoms with Crippen LogP contribution in [0.5, 0.6) is 0 Å². The van der Waals surface area contributed by atoms with Crippen molar-refractivity contribution < 1.29 is 19.2 Å².